The van der Waals surface area contributed by atoms with Crippen molar-refractivity contribution in [2.75, 3.05) is 5.32 Å². The Morgan fingerprint density at radius 2 is 2.00 bits per heavy atom. The highest BCUT2D eigenvalue weighted by Gasteiger charge is 2.05. The van der Waals surface area contributed by atoms with Crippen LogP contribution in [-0.4, -0.2) is 4.98 Å². The van der Waals surface area contributed by atoms with Crippen LogP contribution in [0.5, 0.6) is 0 Å². The van der Waals surface area contributed by atoms with Crippen LogP contribution in [0.2, 0.25) is 10.2 Å². The minimum atomic E-state index is 0.159. The van der Waals surface area contributed by atoms with E-state index in [0.29, 0.717) is 5.15 Å². The van der Waals surface area contributed by atoms with Gasteiger partial charge in [0.25, 0.3) is 0 Å². The number of halogens is 2. The van der Waals surface area contributed by atoms with Crippen molar-refractivity contribution in [1.82, 2.24) is 4.98 Å². The van der Waals surface area contributed by atoms with Gasteiger partial charge in [0.1, 0.15) is 5.15 Å². The summed E-state index contributed by atoms with van der Waals surface area (Å²) in [4.78, 5) is 3.94. The number of nitrogens with zero attached hydrogens (tertiary/aromatic N) is 1. The van der Waals surface area contributed by atoms with Crippen LogP contribution < -0.4 is 5.32 Å². The van der Waals surface area contributed by atoms with Crippen molar-refractivity contribution in [3.05, 3.63) is 58.3 Å². The Morgan fingerprint density at radius 1 is 1.18 bits per heavy atom. The summed E-state index contributed by atoms with van der Waals surface area (Å²) in [5.74, 6) is 0. The van der Waals surface area contributed by atoms with E-state index in [-0.39, 0.29) is 6.04 Å². The zero-order chi connectivity index (χ0) is 12.3. The fourth-order valence-corrected chi connectivity index (χ4v) is 1.97. The van der Waals surface area contributed by atoms with Gasteiger partial charge in [-0.25, -0.2) is 4.98 Å². The second-order valence-electron chi connectivity index (χ2n) is 3.79. The maximum Gasteiger partial charge on any atom is 0.131 e. The average molecular weight is 267 g/mol. The Kier molecular flexibility index (Phi) is 3.87. The van der Waals surface area contributed by atoms with E-state index in [1.807, 2.05) is 30.3 Å². The first-order valence-electron chi connectivity index (χ1n) is 5.29. The van der Waals surface area contributed by atoms with Crippen molar-refractivity contribution in [3.8, 4) is 0 Å². The highest BCUT2D eigenvalue weighted by atomic mass is 35.5. The Labute approximate surface area is 111 Å². The van der Waals surface area contributed by atoms with Crippen molar-refractivity contribution in [2.24, 2.45) is 0 Å². The third kappa shape index (κ3) is 3.35. The summed E-state index contributed by atoms with van der Waals surface area (Å²) in [5, 5.41) is 4.56. The van der Waals surface area contributed by atoms with Gasteiger partial charge < -0.3 is 5.32 Å². The topological polar surface area (TPSA) is 24.9 Å². The summed E-state index contributed by atoms with van der Waals surface area (Å²) >= 11 is 11.8. The second kappa shape index (κ2) is 5.39. The summed E-state index contributed by atoms with van der Waals surface area (Å²) in [5.41, 5.74) is 2.07. The maximum atomic E-state index is 5.96. The molecule has 4 heteroatoms. The summed E-state index contributed by atoms with van der Waals surface area (Å²) in [6, 6.07) is 11.6. The molecule has 0 radical (unpaired) electrons. The number of benzene rings is 1. The molecule has 0 saturated heterocycles. The van der Waals surface area contributed by atoms with E-state index in [1.165, 1.54) is 0 Å². The van der Waals surface area contributed by atoms with E-state index in [1.54, 1.807) is 12.3 Å². The molecule has 0 amide bonds. The molecule has 0 aliphatic heterocycles. The third-order valence-electron chi connectivity index (χ3n) is 2.46. The van der Waals surface area contributed by atoms with Crippen LogP contribution in [0, 0.1) is 0 Å². The van der Waals surface area contributed by atoms with Gasteiger partial charge in [-0.05, 0) is 36.8 Å². The highest BCUT2D eigenvalue weighted by Crippen LogP contribution is 2.22. The lowest BCUT2D eigenvalue weighted by atomic mass is 10.1. The van der Waals surface area contributed by atoms with Gasteiger partial charge in [0.15, 0.2) is 0 Å². The van der Waals surface area contributed by atoms with Gasteiger partial charge in [-0.1, -0.05) is 35.3 Å². The van der Waals surface area contributed by atoms with Crippen molar-refractivity contribution >= 4 is 28.9 Å². The van der Waals surface area contributed by atoms with Gasteiger partial charge in [0, 0.05) is 22.9 Å². The molecule has 0 fully saturated rings. The van der Waals surface area contributed by atoms with Gasteiger partial charge >= 0.3 is 0 Å². The van der Waals surface area contributed by atoms with E-state index >= 15 is 0 Å². The molecule has 1 N–H and O–H groups in total. The van der Waals surface area contributed by atoms with Crippen molar-refractivity contribution in [3.63, 3.8) is 0 Å². The average Bonchev–Trinajstić information content (AvgIpc) is 2.29. The third-order valence-corrected chi connectivity index (χ3v) is 2.90. The molecule has 0 aliphatic carbocycles. The summed E-state index contributed by atoms with van der Waals surface area (Å²) in [7, 11) is 0. The zero-order valence-electron chi connectivity index (χ0n) is 9.32. The zero-order valence-corrected chi connectivity index (χ0v) is 10.8. The molecule has 2 aromatic rings. The molecule has 17 heavy (non-hydrogen) atoms. The monoisotopic (exact) mass is 266 g/mol. The first-order valence-corrected chi connectivity index (χ1v) is 6.04. The Balaban J connectivity index is 2.14. The molecule has 0 saturated carbocycles. The van der Waals surface area contributed by atoms with Crippen LogP contribution in [0.4, 0.5) is 5.69 Å². The van der Waals surface area contributed by atoms with E-state index in [0.717, 1.165) is 16.3 Å². The lowest BCUT2D eigenvalue weighted by molar-refractivity contribution is 0.884. The summed E-state index contributed by atoms with van der Waals surface area (Å²) in [6.45, 7) is 2.07. The van der Waals surface area contributed by atoms with Gasteiger partial charge in [-0.2, -0.15) is 0 Å². The normalized spacial score (nSPS) is 12.2. The highest BCUT2D eigenvalue weighted by molar-refractivity contribution is 6.30. The quantitative estimate of drug-likeness (QED) is 0.824. The van der Waals surface area contributed by atoms with Crippen LogP contribution >= 0.6 is 23.2 Å². The number of anilines is 1. The molecule has 2 rings (SSSR count). The SMILES string of the molecule is CC(Nc1ccnc(Cl)c1)c1cccc(Cl)c1. The predicted octanol–water partition coefficient (Wildman–Crippen LogP) is 4.56. The molecule has 0 aliphatic rings. The van der Waals surface area contributed by atoms with Crippen molar-refractivity contribution in [2.45, 2.75) is 13.0 Å². The minimum Gasteiger partial charge on any atom is -0.378 e. The largest absolute Gasteiger partial charge is 0.378 e. The van der Waals surface area contributed by atoms with E-state index in [4.69, 9.17) is 23.2 Å². The summed E-state index contributed by atoms with van der Waals surface area (Å²) < 4.78 is 0. The number of nitrogens with one attached hydrogen (secondary N) is 1. The van der Waals surface area contributed by atoms with Crippen LogP contribution in [0.3, 0.4) is 0 Å². The van der Waals surface area contributed by atoms with E-state index in [2.05, 4.69) is 17.2 Å². The van der Waals surface area contributed by atoms with Crippen molar-refractivity contribution in [1.29, 1.82) is 0 Å². The van der Waals surface area contributed by atoms with E-state index in [9.17, 15) is 0 Å². The number of rotatable bonds is 3. The second-order valence-corrected chi connectivity index (χ2v) is 4.61. The maximum absolute atomic E-state index is 5.96. The van der Waals surface area contributed by atoms with E-state index < -0.39 is 0 Å². The van der Waals surface area contributed by atoms with Crippen LogP contribution in [0.15, 0.2) is 42.6 Å². The van der Waals surface area contributed by atoms with Gasteiger partial charge in [0.05, 0.1) is 0 Å². The molecule has 1 aromatic heterocycles. The Morgan fingerprint density at radius 3 is 2.71 bits per heavy atom. The minimum absolute atomic E-state index is 0.159. The first kappa shape index (κ1) is 12.2. The molecular formula is C13H12Cl2N2. The molecule has 2 nitrogen and oxygen atoms in total. The Hall–Kier alpha value is -1.25. The van der Waals surface area contributed by atoms with Crippen LogP contribution in [0.25, 0.3) is 0 Å². The number of aromatic nitrogens is 1. The van der Waals surface area contributed by atoms with Gasteiger partial charge in [-0.3, -0.25) is 0 Å². The molecule has 1 aromatic carbocycles. The lowest BCUT2D eigenvalue weighted by Crippen LogP contribution is -2.06. The summed E-state index contributed by atoms with van der Waals surface area (Å²) in [6.07, 6.45) is 1.68. The number of hydrogen-bond donors (Lipinski definition) is 1. The first-order chi connectivity index (χ1) is 8.15. The Bertz CT molecular complexity index is 514. The molecule has 0 spiro atoms. The smallest absolute Gasteiger partial charge is 0.131 e. The number of hydrogen-bond acceptors (Lipinski definition) is 2. The fraction of sp³-hybridized carbons (Fsp3) is 0.154. The lowest BCUT2D eigenvalue weighted by Gasteiger charge is -2.15. The predicted molar refractivity (Wildman–Crippen MR) is 72.7 cm³/mol. The number of pyridine rings is 1. The van der Waals surface area contributed by atoms with Crippen molar-refractivity contribution < 1.29 is 0 Å². The van der Waals surface area contributed by atoms with Crippen LogP contribution in [0.1, 0.15) is 18.5 Å². The molecule has 1 unspecified atom stereocenters. The van der Waals surface area contributed by atoms with Crippen LogP contribution in [-0.2, 0) is 0 Å². The van der Waals surface area contributed by atoms with Gasteiger partial charge in [0.2, 0.25) is 0 Å². The molecule has 88 valence electrons. The molecule has 1 heterocycles. The standard InChI is InChI=1S/C13H12Cl2N2/c1-9(10-3-2-4-11(14)7-10)17-12-5-6-16-13(15)8-12/h2-9H,1H3,(H,16,17). The molecule has 0 bridgehead atoms. The molecular weight excluding hydrogens is 255 g/mol. The van der Waals surface area contributed by atoms with Gasteiger partial charge in [-0.15, -0.1) is 0 Å². The molecule has 1 atom stereocenters. The fourth-order valence-electron chi connectivity index (χ4n) is 1.60.